The minimum absolute atomic E-state index is 0.162. The van der Waals surface area contributed by atoms with E-state index in [-0.39, 0.29) is 11.8 Å². The van der Waals surface area contributed by atoms with Crippen LogP contribution in [-0.4, -0.2) is 96.6 Å². The van der Waals surface area contributed by atoms with Crippen molar-refractivity contribution in [3.05, 3.63) is 91.2 Å². The first-order chi connectivity index (χ1) is 22.6. The van der Waals surface area contributed by atoms with Crippen LogP contribution in [-0.2, 0) is 4.79 Å². The zero-order valence-electron chi connectivity index (χ0n) is 25.1. The van der Waals surface area contributed by atoms with Crippen LogP contribution in [0.2, 0.25) is 0 Å². The molecule has 1 amide bonds. The number of carbonyl (C=O) groups excluding carboxylic acids is 1. The Kier molecular flexibility index (Phi) is 7.25. The molecule has 46 heavy (non-hydrogen) atoms. The largest absolute Gasteiger partial charge is 0.368 e. The summed E-state index contributed by atoms with van der Waals surface area (Å²) < 4.78 is 13.2. The Hall–Kier alpha value is -5.36. The Morgan fingerprint density at radius 1 is 0.891 bits per heavy atom. The van der Waals surface area contributed by atoms with Crippen LogP contribution in [0.4, 0.5) is 10.1 Å². The molecule has 2 saturated heterocycles. The van der Waals surface area contributed by atoms with Crippen molar-refractivity contribution in [3.8, 4) is 22.6 Å². The maximum atomic E-state index is 13.3. The number of piperazine rings is 1. The van der Waals surface area contributed by atoms with E-state index >= 15 is 0 Å². The average molecular weight is 615 g/mol. The number of nitrogens with one attached hydrogen (secondary N) is 1. The van der Waals surface area contributed by atoms with Crippen LogP contribution in [0, 0.1) is 5.82 Å². The maximum absolute atomic E-state index is 13.3. The first-order valence-electron chi connectivity index (χ1n) is 15.5. The molecular weight excluding hydrogens is 583 g/mol. The minimum atomic E-state index is -0.454. The Bertz CT molecular complexity index is 2010. The van der Waals surface area contributed by atoms with Crippen molar-refractivity contribution < 1.29 is 9.18 Å². The molecule has 0 radical (unpaired) electrons. The summed E-state index contributed by atoms with van der Waals surface area (Å²) in [6.07, 6.45) is 8.68. The van der Waals surface area contributed by atoms with Crippen molar-refractivity contribution >= 4 is 33.4 Å². The third kappa shape index (κ3) is 5.51. The number of hydrogen-bond donors (Lipinski definition) is 1. The third-order valence-corrected chi connectivity index (χ3v) is 8.97. The second kappa shape index (κ2) is 11.9. The van der Waals surface area contributed by atoms with Gasteiger partial charge in [-0.3, -0.25) is 19.8 Å². The number of carbonyl (C=O) groups is 1. The number of fused-ring (bicyclic) bond motifs is 2. The fraction of sp³-hybridized carbons (Fsp3) is 0.265. The van der Waals surface area contributed by atoms with E-state index in [2.05, 4.69) is 41.0 Å². The summed E-state index contributed by atoms with van der Waals surface area (Å²) in [7, 11) is 0. The molecule has 0 saturated carbocycles. The van der Waals surface area contributed by atoms with E-state index in [1.54, 1.807) is 12.4 Å². The van der Waals surface area contributed by atoms with E-state index in [4.69, 9.17) is 9.97 Å². The predicted octanol–water partition coefficient (Wildman–Crippen LogP) is 4.30. The summed E-state index contributed by atoms with van der Waals surface area (Å²) in [4.78, 5) is 41.7. The molecular formula is C34H31FN10O. The normalized spacial score (nSPS) is 17.3. The Balaban J connectivity index is 0.877. The molecule has 1 unspecified atom stereocenters. The zero-order valence-corrected chi connectivity index (χ0v) is 25.1. The van der Waals surface area contributed by atoms with Crippen molar-refractivity contribution in [2.45, 2.75) is 12.3 Å². The molecule has 0 aliphatic carbocycles. The molecule has 230 valence electrons. The number of H-pyrrole nitrogens is 1. The van der Waals surface area contributed by atoms with Gasteiger partial charge in [-0.25, -0.2) is 24.3 Å². The van der Waals surface area contributed by atoms with E-state index in [1.165, 1.54) is 12.4 Å². The number of aromatic nitrogens is 7. The lowest BCUT2D eigenvalue weighted by atomic mass is 10.1. The van der Waals surface area contributed by atoms with Gasteiger partial charge in [0.15, 0.2) is 11.6 Å². The molecule has 2 fully saturated rings. The first-order valence-corrected chi connectivity index (χ1v) is 15.5. The van der Waals surface area contributed by atoms with E-state index < -0.39 is 5.82 Å². The van der Waals surface area contributed by atoms with Crippen LogP contribution in [0.25, 0.3) is 44.5 Å². The van der Waals surface area contributed by atoms with Gasteiger partial charge in [0, 0.05) is 84.8 Å². The molecule has 6 heterocycles. The number of hydrogen-bond acceptors (Lipinski definition) is 9. The van der Waals surface area contributed by atoms with E-state index in [9.17, 15) is 9.18 Å². The SMILES string of the molecule is O=C(CN1CCC(c2ncc3cc4[nH]nc(-c5ccncc5)c4cc3n2)C1)N1CCN(c2ccc(-c3ncc(F)cn3)cc2)CC1. The van der Waals surface area contributed by atoms with Gasteiger partial charge in [0.25, 0.3) is 0 Å². The van der Waals surface area contributed by atoms with Crippen LogP contribution in [0.3, 0.4) is 0 Å². The van der Waals surface area contributed by atoms with E-state index in [0.717, 1.165) is 82.7 Å². The Morgan fingerprint density at radius 2 is 1.67 bits per heavy atom. The minimum Gasteiger partial charge on any atom is -0.368 e. The van der Waals surface area contributed by atoms with Crippen LogP contribution in [0.5, 0.6) is 0 Å². The number of nitrogens with zero attached hydrogens (tertiary/aromatic N) is 9. The summed E-state index contributed by atoms with van der Waals surface area (Å²) in [5, 5.41) is 9.65. The number of aromatic amines is 1. The van der Waals surface area contributed by atoms with E-state index in [0.29, 0.717) is 25.5 Å². The van der Waals surface area contributed by atoms with Crippen molar-refractivity contribution in [1.82, 2.24) is 44.9 Å². The molecule has 12 heteroatoms. The monoisotopic (exact) mass is 614 g/mol. The van der Waals surface area contributed by atoms with Gasteiger partial charge < -0.3 is 9.80 Å². The quantitative estimate of drug-likeness (QED) is 0.293. The van der Waals surface area contributed by atoms with Crippen LogP contribution in [0.1, 0.15) is 18.2 Å². The van der Waals surface area contributed by atoms with Crippen LogP contribution in [0.15, 0.2) is 79.5 Å². The molecule has 6 aromatic rings. The zero-order chi connectivity index (χ0) is 31.0. The Morgan fingerprint density at radius 3 is 2.46 bits per heavy atom. The molecule has 2 aliphatic heterocycles. The summed E-state index contributed by atoms with van der Waals surface area (Å²) in [5.41, 5.74) is 5.62. The summed E-state index contributed by atoms with van der Waals surface area (Å²) in [6.45, 7) is 4.89. The van der Waals surface area contributed by atoms with Gasteiger partial charge in [-0.2, -0.15) is 5.10 Å². The van der Waals surface area contributed by atoms with Crippen molar-refractivity contribution in [2.75, 3.05) is 50.7 Å². The highest BCUT2D eigenvalue weighted by molar-refractivity contribution is 6.01. The lowest BCUT2D eigenvalue weighted by molar-refractivity contribution is -0.132. The maximum Gasteiger partial charge on any atom is 0.236 e. The highest BCUT2D eigenvalue weighted by Gasteiger charge is 2.30. The number of halogens is 1. The van der Waals surface area contributed by atoms with Gasteiger partial charge in [0.1, 0.15) is 11.5 Å². The number of likely N-dealkylation sites (tertiary alicyclic amines) is 1. The molecule has 0 bridgehead atoms. The number of rotatable bonds is 6. The van der Waals surface area contributed by atoms with Gasteiger partial charge in [-0.05, 0) is 61.5 Å². The topological polar surface area (TPSA) is 120 Å². The first kappa shape index (κ1) is 28.1. The number of benzene rings is 2. The fourth-order valence-electron chi connectivity index (χ4n) is 6.46. The number of anilines is 1. The van der Waals surface area contributed by atoms with E-state index in [1.807, 2.05) is 53.6 Å². The van der Waals surface area contributed by atoms with Gasteiger partial charge in [-0.15, -0.1) is 0 Å². The third-order valence-electron chi connectivity index (χ3n) is 8.97. The smallest absolute Gasteiger partial charge is 0.236 e. The highest BCUT2D eigenvalue weighted by Crippen LogP contribution is 2.31. The molecule has 2 aliphatic rings. The van der Waals surface area contributed by atoms with Crippen molar-refractivity contribution in [2.24, 2.45) is 0 Å². The van der Waals surface area contributed by atoms with Gasteiger partial charge >= 0.3 is 0 Å². The highest BCUT2D eigenvalue weighted by atomic mass is 19.1. The number of pyridine rings is 1. The Labute approximate surface area is 264 Å². The standard InChI is InChI=1S/C34H31FN10O/c35-26-18-38-33(39-19-26)23-1-3-27(4-2-23)44-11-13-45(14-12-44)31(46)21-43-10-7-24(20-43)34-37-17-25-15-30-28(16-29(25)40-34)32(42-41-30)22-5-8-36-9-6-22/h1-6,8-9,15-19,24H,7,10-14,20-21H2,(H,41,42). The molecule has 11 nitrogen and oxygen atoms in total. The van der Waals surface area contributed by atoms with Crippen molar-refractivity contribution in [3.63, 3.8) is 0 Å². The summed E-state index contributed by atoms with van der Waals surface area (Å²) in [6, 6.07) is 16.0. The molecule has 0 spiro atoms. The average Bonchev–Trinajstić information content (AvgIpc) is 3.75. The molecule has 1 atom stereocenters. The molecule has 4 aromatic heterocycles. The second-order valence-corrected chi connectivity index (χ2v) is 11.9. The van der Waals surface area contributed by atoms with Crippen LogP contribution < -0.4 is 4.90 Å². The molecule has 1 N–H and O–H groups in total. The summed E-state index contributed by atoms with van der Waals surface area (Å²) in [5.74, 6) is 1.20. The second-order valence-electron chi connectivity index (χ2n) is 11.9. The summed E-state index contributed by atoms with van der Waals surface area (Å²) >= 11 is 0. The van der Waals surface area contributed by atoms with Crippen molar-refractivity contribution in [1.29, 1.82) is 0 Å². The van der Waals surface area contributed by atoms with Gasteiger partial charge in [0.2, 0.25) is 5.91 Å². The fourth-order valence-corrected chi connectivity index (χ4v) is 6.46. The molecule has 2 aromatic carbocycles. The lowest BCUT2D eigenvalue weighted by Gasteiger charge is -2.36. The molecule has 8 rings (SSSR count). The predicted molar refractivity (Wildman–Crippen MR) is 172 cm³/mol. The van der Waals surface area contributed by atoms with Gasteiger partial charge in [-0.1, -0.05) is 0 Å². The van der Waals surface area contributed by atoms with Crippen LogP contribution >= 0.6 is 0 Å². The lowest BCUT2D eigenvalue weighted by Crippen LogP contribution is -2.51. The van der Waals surface area contributed by atoms with Gasteiger partial charge in [0.05, 0.1) is 30.0 Å². The number of amides is 1.